The van der Waals surface area contributed by atoms with E-state index in [1.807, 2.05) is 0 Å². The topological polar surface area (TPSA) is 43.1 Å². The summed E-state index contributed by atoms with van der Waals surface area (Å²) in [5, 5.41) is 10.4. The molecule has 2 atom stereocenters. The average molecular weight is 195 g/mol. The summed E-state index contributed by atoms with van der Waals surface area (Å²) >= 11 is 0. The van der Waals surface area contributed by atoms with Crippen molar-refractivity contribution in [3.63, 3.8) is 0 Å². The van der Waals surface area contributed by atoms with Gasteiger partial charge in [-0.25, -0.2) is 0 Å². The lowest BCUT2D eigenvalue weighted by Crippen LogP contribution is -1.89. The van der Waals surface area contributed by atoms with Gasteiger partial charge in [0.05, 0.1) is 11.6 Å². The van der Waals surface area contributed by atoms with E-state index in [9.17, 15) is 14.5 Å². The van der Waals surface area contributed by atoms with Gasteiger partial charge < -0.3 is 0 Å². The Kier molecular flexibility index (Phi) is 2.19. The zero-order chi connectivity index (χ0) is 10.1. The van der Waals surface area contributed by atoms with Crippen LogP contribution in [0.4, 0.5) is 10.1 Å². The summed E-state index contributed by atoms with van der Waals surface area (Å²) in [5.41, 5.74) is 1.10. The van der Waals surface area contributed by atoms with Gasteiger partial charge in [0.15, 0.2) is 0 Å². The standard InChI is InChI=1S/C10H10FNO2/c11-6-8-5-10(8)7-1-3-9(4-2-7)12(13)14/h1-4,8,10H,5-6H2. The van der Waals surface area contributed by atoms with Gasteiger partial charge in [-0.15, -0.1) is 0 Å². The summed E-state index contributed by atoms with van der Waals surface area (Å²) in [4.78, 5) is 9.94. The Labute approximate surface area is 80.7 Å². The third-order valence-electron chi connectivity index (χ3n) is 2.65. The maximum Gasteiger partial charge on any atom is 0.269 e. The molecule has 0 N–H and O–H groups in total. The molecule has 14 heavy (non-hydrogen) atoms. The second-order valence-electron chi connectivity index (χ2n) is 3.61. The minimum absolute atomic E-state index is 0.0891. The minimum atomic E-state index is -0.427. The molecule has 0 bridgehead atoms. The van der Waals surface area contributed by atoms with E-state index in [2.05, 4.69) is 0 Å². The molecule has 1 aromatic rings. The Morgan fingerprint density at radius 3 is 2.50 bits per heavy atom. The second kappa shape index (κ2) is 3.36. The monoisotopic (exact) mass is 195 g/mol. The number of rotatable bonds is 3. The summed E-state index contributed by atoms with van der Waals surface area (Å²) < 4.78 is 12.2. The van der Waals surface area contributed by atoms with Crippen LogP contribution in [-0.4, -0.2) is 11.6 Å². The highest BCUT2D eigenvalue weighted by molar-refractivity contribution is 5.36. The van der Waals surface area contributed by atoms with Crippen molar-refractivity contribution in [1.29, 1.82) is 0 Å². The number of nitro groups is 1. The zero-order valence-electron chi connectivity index (χ0n) is 7.52. The second-order valence-corrected chi connectivity index (χ2v) is 3.61. The van der Waals surface area contributed by atoms with Crippen LogP contribution in [0, 0.1) is 16.0 Å². The normalized spacial score (nSPS) is 24.6. The van der Waals surface area contributed by atoms with Gasteiger partial charge in [0.1, 0.15) is 0 Å². The molecule has 2 rings (SSSR count). The Morgan fingerprint density at radius 1 is 1.43 bits per heavy atom. The number of nitro benzene ring substituents is 1. The van der Waals surface area contributed by atoms with Gasteiger partial charge in [0.2, 0.25) is 0 Å². The van der Waals surface area contributed by atoms with Crippen molar-refractivity contribution in [3.8, 4) is 0 Å². The fourth-order valence-electron chi connectivity index (χ4n) is 1.67. The highest BCUT2D eigenvalue weighted by atomic mass is 19.1. The van der Waals surface area contributed by atoms with Crippen LogP contribution in [0.3, 0.4) is 0 Å². The number of alkyl halides is 1. The predicted octanol–water partition coefficient (Wildman–Crippen LogP) is 2.67. The third kappa shape index (κ3) is 1.60. The first-order valence-electron chi connectivity index (χ1n) is 4.52. The number of benzene rings is 1. The maximum atomic E-state index is 12.2. The minimum Gasteiger partial charge on any atom is -0.258 e. The maximum absolute atomic E-state index is 12.2. The van der Waals surface area contributed by atoms with E-state index < -0.39 is 4.92 Å². The number of nitrogens with zero attached hydrogens (tertiary/aromatic N) is 1. The molecule has 4 heteroatoms. The van der Waals surface area contributed by atoms with Gasteiger partial charge >= 0.3 is 0 Å². The molecule has 1 aromatic carbocycles. The molecule has 1 aliphatic carbocycles. The highest BCUT2D eigenvalue weighted by Gasteiger charge is 2.38. The number of hydrogen-bond acceptors (Lipinski definition) is 2. The first-order chi connectivity index (χ1) is 6.72. The summed E-state index contributed by atoms with van der Waals surface area (Å²) in [7, 11) is 0. The SMILES string of the molecule is O=[N+]([O-])c1ccc(C2CC2CF)cc1. The Hall–Kier alpha value is -1.45. The zero-order valence-corrected chi connectivity index (χ0v) is 7.52. The molecule has 1 aliphatic rings. The largest absolute Gasteiger partial charge is 0.269 e. The van der Waals surface area contributed by atoms with E-state index in [4.69, 9.17) is 0 Å². The van der Waals surface area contributed by atoms with Crippen molar-refractivity contribution in [2.75, 3.05) is 6.67 Å². The van der Waals surface area contributed by atoms with Crippen LogP contribution in [0.15, 0.2) is 24.3 Å². The molecule has 0 aromatic heterocycles. The van der Waals surface area contributed by atoms with Crippen LogP contribution < -0.4 is 0 Å². The van der Waals surface area contributed by atoms with Crippen molar-refractivity contribution in [2.24, 2.45) is 5.92 Å². The van der Waals surface area contributed by atoms with E-state index in [-0.39, 0.29) is 24.2 Å². The van der Waals surface area contributed by atoms with E-state index in [0.717, 1.165) is 12.0 Å². The Morgan fingerprint density at radius 2 is 2.07 bits per heavy atom. The number of hydrogen-bond donors (Lipinski definition) is 0. The molecule has 0 spiro atoms. The van der Waals surface area contributed by atoms with Crippen LogP contribution in [0.1, 0.15) is 17.9 Å². The molecule has 1 saturated carbocycles. The molecule has 74 valence electrons. The fraction of sp³-hybridized carbons (Fsp3) is 0.400. The Balaban J connectivity index is 2.11. The molecular weight excluding hydrogens is 185 g/mol. The molecule has 0 saturated heterocycles. The lowest BCUT2D eigenvalue weighted by molar-refractivity contribution is -0.384. The first kappa shape index (κ1) is 9.12. The average Bonchev–Trinajstić information content (AvgIpc) is 2.97. The van der Waals surface area contributed by atoms with Crippen molar-refractivity contribution in [3.05, 3.63) is 39.9 Å². The van der Waals surface area contributed by atoms with Gasteiger partial charge in [0, 0.05) is 12.1 Å². The molecule has 0 heterocycles. The van der Waals surface area contributed by atoms with Crippen molar-refractivity contribution < 1.29 is 9.31 Å². The molecular formula is C10H10FNO2. The highest BCUT2D eigenvalue weighted by Crippen LogP contribution is 2.47. The van der Waals surface area contributed by atoms with E-state index in [1.165, 1.54) is 12.1 Å². The van der Waals surface area contributed by atoms with E-state index in [1.54, 1.807) is 12.1 Å². The molecule has 2 unspecified atom stereocenters. The molecule has 0 amide bonds. The summed E-state index contributed by atoms with van der Waals surface area (Å²) in [6.45, 7) is -0.290. The van der Waals surface area contributed by atoms with Crippen LogP contribution in [0.2, 0.25) is 0 Å². The van der Waals surface area contributed by atoms with Crippen LogP contribution >= 0.6 is 0 Å². The van der Waals surface area contributed by atoms with E-state index in [0.29, 0.717) is 0 Å². The van der Waals surface area contributed by atoms with Crippen LogP contribution in [0.5, 0.6) is 0 Å². The van der Waals surface area contributed by atoms with Crippen molar-refractivity contribution in [2.45, 2.75) is 12.3 Å². The number of halogens is 1. The first-order valence-corrected chi connectivity index (χ1v) is 4.52. The van der Waals surface area contributed by atoms with Gasteiger partial charge in [-0.3, -0.25) is 14.5 Å². The molecule has 0 aliphatic heterocycles. The van der Waals surface area contributed by atoms with Gasteiger partial charge in [-0.1, -0.05) is 12.1 Å². The van der Waals surface area contributed by atoms with Crippen LogP contribution in [-0.2, 0) is 0 Å². The van der Waals surface area contributed by atoms with E-state index >= 15 is 0 Å². The van der Waals surface area contributed by atoms with Crippen molar-refractivity contribution >= 4 is 5.69 Å². The lowest BCUT2D eigenvalue weighted by Gasteiger charge is -1.97. The smallest absolute Gasteiger partial charge is 0.258 e. The fourth-order valence-corrected chi connectivity index (χ4v) is 1.67. The lowest BCUT2D eigenvalue weighted by atomic mass is 10.1. The third-order valence-corrected chi connectivity index (χ3v) is 2.65. The van der Waals surface area contributed by atoms with Crippen molar-refractivity contribution in [1.82, 2.24) is 0 Å². The summed E-state index contributed by atoms with van der Waals surface area (Å²) in [6, 6.07) is 6.39. The van der Waals surface area contributed by atoms with Gasteiger partial charge in [0.25, 0.3) is 5.69 Å². The number of non-ortho nitro benzene ring substituents is 1. The molecule has 1 fully saturated rings. The summed E-state index contributed by atoms with van der Waals surface area (Å²) in [5.74, 6) is 0.414. The van der Waals surface area contributed by atoms with Gasteiger partial charge in [-0.2, -0.15) is 0 Å². The van der Waals surface area contributed by atoms with Crippen LogP contribution in [0.25, 0.3) is 0 Å². The molecule has 3 nitrogen and oxygen atoms in total. The summed E-state index contributed by atoms with van der Waals surface area (Å²) in [6.07, 6.45) is 0.869. The quantitative estimate of drug-likeness (QED) is 0.549. The van der Waals surface area contributed by atoms with Gasteiger partial charge in [-0.05, 0) is 23.8 Å². The molecule has 0 radical (unpaired) electrons. The predicted molar refractivity (Wildman–Crippen MR) is 49.9 cm³/mol. The Bertz CT molecular complexity index is 350.